The van der Waals surface area contributed by atoms with Gasteiger partial charge in [-0.15, -0.1) is 6.58 Å². The van der Waals surface area contributed by atoms with Crippen LogP contribution in [0.4, 0.5) is 8.78 Å². The molecule has 1 aromatic carbocycles. The van der Waals surface area contributed by atoms with Crippen molar-refractivity contribution in [3.05, 3.63) is 48.1 Å². The van der Waals surface area contributed by atoms with E-state index < -0.39 is 29.6 Å². The van der Waals surface area contributed by atoms with Crippen LogP contribution >= 0.6 is 0 Å². The SMILES string of the molecule is C=CCCC[C@H](NC(=O)Cc1ccc(F)c(F)c1)C(=O)OC. The molecule has 0 heterocycles. The molecule has 6 heteroatoms. The Bertz CT molecular complexity index is 546. The molecule has 0 radical (unpaired) electrons. The normalized spacial score (nSPS) is 11.6. The molecule has 1 aromatic rings. The van der Waals surface area contributed by atoms with E-state index in [2.05, 4.69) is 16.6 Å². The first kappa shape index (κ1) is 17.8. The van der Waals surface area contributed by atoms with Crippen LogP contribution in [0, 0.1) is 11.6 Å². The summed E-state index contributed by atoms with van der Waals surface area (Å²) in [5.41, 5.74) is 0.325. The van der Waals surface area contributed by atoms with Crippen molar-refractivity contribution in [2.24, 2.45) is 0 Å². The highest BCUT2D eigenvalue weighted by atomic mass is 19.2. The summed E-state index contributed by atoms with van der Waals surface area (Å²) in [6, 6.07) is 2.48. The van der Waals surface area contributed by atoms with E-state index in [4.69, 9.17) is 0 Å². The standard InChI is InChI=1S/C16H19F2NO3/c1-3-4-5-6-14(16(21)22-2)19-15(20)10-11-7-8-12(17)13(18)9-11/h3,7-9,14H,1,4-6,10H2,2H3,(H,19,20)/t14-/m0/s1. The molecule has 1 atom stereocenters. The van der Waals surface area contributed by atoms with E-state index in [1.807, 2.05) is 0 Å². The zero-order chi connectivity index (χ0) is 16.5. The number of unbranched alkanes of at least 4 members (excludes halogenated alkanes) is 1. The third-order valence-electron chi connectivity index (χ3n) is 3.07. The number of carbonyl (C=O) groups is 2. The van der Waals surface area contributed by atoms with Crippen LogP contribution in [-0.4, -0.2) is 25.0 Å². The van der Waals surface area contributed by atoms with Gasteiger partial charge in [-0.1, -0.05) is 12.1 Å². The monoisotopic (exact) mass is 311 g/mol. The highest BCUT2D eigenvalue weighted by Crippen LogP contribution is 2.10. The van der Waals surface area contributed by atoms with Crippen LogP contribution in [-0.2, 0) is 20.7 Å². The largest absolute Gasteiger partial charge is 0.467 e. The molecule has 0 fully saturated rings. The van der Waals surface area contributed by atoms with Gasteiger partial charge in [0.25, 0.3) is 0 Å². The molecule has 0 aliphatic carbocycles. The van der Waals surface area contributed by atoms with Crippen molar-refractivity contribution in [2.75, 3.05) is 7.11 Å². The Balaban J connectivity index is 2.63. The Kier molecular flexibility index (Phi) is 7.22. The third-order valence-corrected chi connectivity index (χ3v) is 3.07. The summed E-state index contributed by atoms with van der Waals surface area (Å²) in [5.74, 6) is -2.98. The lowest BCUT2D eigenvalue weighted by Crippen LogP contribution is -2.42. The van der Waals surface area contributed by atoms with E-state index >= 15 is 0 Å². The second-order valence-electron chi connectivity index (χ2n) is 4.79. The lowest BCUT2D eigenvalue weighted by atomic mass is 10.1. The van der Waals surface area contributed by atoms with Crippen molar-refractivity contribution in [2.45, 2.75) is 31.7 Å². The average Bonchev–Trinajstić information content (AvgIpc) is 2.49. The number of amides is 1. The number of benzene rings is 1. The predicted octanol–water partition coefficient (Wildman–Crippen LogP) is 2.52. The summed E-state index contributed by atoms with van der Waals surface area (Å²) < 4.78 is 30.6. The first-order valence-electron chi connectivity index (χ1n) is 6.90. The fraction of sp³-hybridized carbons (Fsp3) is 0.375. The molecular weight excluding hydrogens is 292 g/mol. The highest BCUT2D eigenvalue weighted by molar-refractivity contribution is 5.85. The number of hydrogen-bond donors (Lipinski definition) is 1. The number of methoxy groups -OCH3 is 1. The number of esters is 1. The molecule has 0 aliphatic rings. The Labute approximate surface area is 128 Å². The zero-order valence-electron chi connectivity index (χ0n) is 12.4. The molecule has 1 N–H and O–H groups in total. The van der Waals surface area contributed by atoms with E-state index in [-0.39, 0.29) is 6.42 Å². The van der Waals surface area contributed by atoms with Gasteiger partial charge in [0, 0.05) is 0 Å². The first-order valence-corrected chi connectivity index (χ1v) is 6.90. The number of halogens is 2. The number of carbonyl (C=O) groups excluding carboxylic acids is 2. The maximum absolute atomic E-state index is 13.1. The quantitative estimate of drug-likeness (QED) is 0.456. The number of nitrogens with one attached hydrogen (secondary N) is 1. The second-order valence-corrected chi connectivity index (χ2v) is 4.79. The number of rotatable bonds is 8. The first-order chi connectivity index (χ1) is 10.5. The molecule has 0 bridgehead atoms. The number of allylic oxidation sites excluding steroid dienone is 1. The van der Waals surface area contributed by atoms with Gasteiger partial charge in [-0.05, 0) is 37.0 Å². The van der Waals surface area contributed by atoms with Gasteiger partial charge in [0.2, 0.25) is 5.91 Å². The van der Waals surface area contributed by atoms with Crippen molar-refractivity contribution >= 4 is 11.9 Å². The Hall–Kier alpha value is -2.24. The molecule has 1 rings (SSSR count). The summed E-state index contributed by atoms with van der Waals surface area (Å²) >= 11 is 0. The van der Waals surface area contributed by atoms with Gasteiger partial charge in [-0.2, -0.15) is 0 Å². The molecule has 0 saturated heterocycles. The molecule has 120 valence electrons. The molecule has 0 saturated carbocycles. The fourth-order valence-corrected chi connectivity index (χ4v) is 1.94. The predicted molar refractivity (Wildman–Crippen MR) is 78.1 cm³/mol. The molecule has 4 nitrogen and oxygen atoms in total. The summed E-state index contributed by atoms with van der Waals surface area (Å²) in [6.45, 7) is 3.58. The van der Waals surface area contributed by atoms with E-state index in [9.17, 15) is 18.4 Å². The topological polar surface area (TPSA) is 55.4 Å². The molecule has 0 unspecified atom stereocenters. The Morgan fingerprint density at radius 1 is 1.36 bits per heavy atom. The minimum Gasteiger partial charge on any atom is -0.467 e. The van der Waals surface area contributed by atoms with Gasteiger partial charge < -0.3 is 10.1 Å². The summed E-state index contributed by atoms with van der Waals surface area (Å²) in [5, 5.41) is 2.55. The van der Waals surface area contributed by atoms with Crippen molar-refractivity contribution in [3.63, 3.8) is 0 Å². The molecular formula is C16H19F2NO3. The van der Waals surface area contributed by atoms with Gasteiger partial charge in [0.1, 0.15) is 6.04 Å². The van der Waals surface area contributed by atoms with Crippen LogP contribution in [0.1, 0.15) is 24.8 Å². The average molecular weight is 311 g/mol. The third kappa shape index (κ3) is 5.63. The van der Waals surface area contributed by atoms with E-state index in [0.29, 0.717) is 24.8 Å². The van der Waals surface area contributed by atoms with Gasteiger partial charge in [-0.25, -0.2) is 13.6 Å². The Morgan fingerprint density at radius 3 is 2.68 bits per heavy atom. The second kappa shape index (κ2) is 8.92. The van der Waals surface area contributed by atoms with Crippen LogP contribution in [0.3, 0.4) is 0 Å². The summed E-state index contributed by atoms with van der Waals surface area (Å²) in [7, 11) is 1.24. The van der Waals surface area contributed by atoms with Gasteiger partial charge in [0.15, 0.2) is 11.6 Å². The van der Waals surface area contributed by atoms with E-state index in [1.165, 1.54) is 13.2 Å². The van der Waals surface area contributed by atoms with Crippen LogP contribution in [0.2, 0.25) is 0 Å². The van der Waals surface area contributed by atoms with Gasteiger partial charge in [-0.3, -0.25) is 4.79 Å². The van der Waals surface area contributed by atoms with Crippen LogP contribution in [0.25, 0.3) is 0 Å². The Morgan fingerprint density at radius 2 is 2.09 bits per heavy atom. The maximum Gasteiger partial charge on any atom is 0.328 e. The van der Waals surface area contributed by atoms with E-state index in [1.54, 1.807) is 6.08 Å². The van der Waals surface area contributed by atoms with E-state index in [0.717, 1.165) is 12.1 Å². The zero-order valence-corrected chi connectivity index (χ0v) is 12.4. The summed E-state index contributed by atoms with van der Waals surface area (Å²) in [4.78, 5) is 23.5. The fourth-order valence-electron chi connectivity index (χ4n) is 1.94. The molecule has 0 spiro atoms. The van der Waals surface area contributed by atoms with Crippen LogP contribution < -0.4 is 5.32 Å². The highest BCUT2D eigenvalue weighted by Gasteiger charge is 2.21. The van der Waals surface area contributed by atoms with Crippen molar-refractivity contribution in [1.82, 2.24) is 5.32 Å². The minimum atomic E-state index is -1.01. The maximum atomic E-state index is 13.1. The number of hydrogen-bond acceptors (Lipinski definition) is 3. The van der Waals surface area contributed by atoms with Crippen LogP contribution in [0.5, 0.6) is 0 Å². The summed E-state index contributed by atoms with van der Waals surface area (Å²) in [6.07, 6.45) is 3.38. The van der Waals surface area contributed by atoms with Gasteiger partial charge in [0.05, 0.1) is 13.5 Å². The molecule has 0 aromatic heterocycles. The van der Waals surface area contributed by atoms with Crippen molar-refractivity contribution in [3.8, 4) is 0 Å². The van der Waals surface area contributed by atoms with Crippen molar-refractivity contribution < 1.29 is 23.1 Å². The van der Waals surface area contributed by atoms with Gasteiger partial charge >= 0.3 is 5.97 Å². The lowest BCUT2D eigenvalue weighted by molar-refractivity contribution is -0.145. The van der Waals surface area contributed by atoms with Crippen LogP contribution in [0.15, 0.2) is 30.9 Å². The smallest absolute Gasteiger partial charge is 0.328 e. The molecule has 22 heavy (non-hydrogen) atoms. The minimum absolute atomic E-state index is 0.147. The lowest BCUT2D eigenvalue weighted by Gasteiger charge is -2.16. The molecule has 0 aliphatic heterocycles. The molecule has 1 amide bonds. The van der Waals surface area contributed by atoms with Crippen molar-refractivity contribution in [1.29, 1.82) is 0 Å². The number of ether oxygens (including phenoxy) is 1.